The lowest BCUT2D eigenvalue weighted by molar-refractivity contribution is -0.142. The monoisotopic (exact) mass is 348 g/mol. The van der Waals surface area contributed by atoms with Crippen LogP contribution in [0.15, 0.2) is 48.7 Å². The highest BCUT2D eigenvalue weighted by Crippen LogP contribution is 2.13. The summed E-state index contributed by atoms with van der Waals surface area (Å²) in [7, 11) is -3.46. The van der Waals surface area contributed by atoms with E-state index in [1.165, 1.54) is 0 Å². The van der Waals surface area contributed by atoms with E-state index >= 15 is 0 Å². The molecule has 0 aliphatic carbocycles. The lowest BCUT2D eigenvalue weighted by Crippen LogP contribution is -2.18. The highest BCUT2D eigenvalue weighted by molar-refractivity contribution is 7.92. The van der Waals surface area contributed by atoms with E-state index in [0.29, 0.717) is 18.7 Å². The molecule has 0 unspecified atom stereocenters. The third-order valence-electron chi connectivity index (χ3n) is 3.23. The second-order valence-electron chi connectivity index (χ2n) is 5.17. The van der Waals surface area contributed by atoms with E-state index in [2.05, 4.69) is 9.71 Å². The van der Waals surface area contributed by atoms with Gasteiger partial charge in [0.05, 0.1) is 18.8 Å². The molecule has 0 atom stereocenters. The molecule has 0 fully saturated rings. The summed E-state index contributed by atoms with van der Waals surface area (Å²) in [5, 5.41) is 0. The van der Waals surface area contributed by atoms with Gasteiger partial charge in [-0.05, 0) is 36.8 Å². The van der Waals surface area contributed by atoms with Crippen LogP contribution in [0.4, 0.5) is 5.69 Å². The normalized spacial score (nSPS) is 11.0. The number of hydrogen-bond donors (Lipinski definition) is 1. The van der Waals surface area contributed by atoms with Crippen molar-refractivity contribution in [3.63, 3.8) is 0 Å². The number of pyridine rings is 1. The summed E-state index contributed by atoms with van der Waals surface area (Å²) in [5.41, 5.74) is 1.96. The third-order valence-corrected chi connectivity index (χ3v) is 4.52. The lowest BCUT2D eigenvalue weighted by Gasteiger charge is -2.09. The van der Waals surface area contributed by atoms with Crippen LogP contribution >= 0.6 is 0 Å². The molecule has 2 rings (SSSR count). The van der Waals surface area contributed by atoms with Gasteiger partial charge in [-0.15, -0.1) is 0 Å². The zero-order chi connectivity index (χ0) is 17.4. The quantitative estimate of drug-likeness (QED) is 0.739. The van der Waals surface area contributed by atoms with Crippen molar-refractivity contribution in [2.45, 2.75) is 19.8 Å². The Morgan fingerprint density at radius 3 is 2.54 bits per heavy atom. The molecule has 0 aliphatic heterocycles. The maximum atomic E-state index is 12.1. The van der Waals surface area contributed by atoms with E-state index in [1.807, 2.05) is 6.07 Å². The van der Waals surface area contributed by atoms with E-state index in [0.717, 1.165) is 11.3 Å². The molecule has 24 heavy (non-hydrogen) atoms. The molecule has 1 aromatic heterocycles. The van der Waals surface area contributed by atoms with Crippen LogP contribution in [-0.4, -0.2) is 31.7 Å². The topological polar surface area (TPSA) is 85.4 Å². The maximum Gasteiger partial charge on any atom is 0.310 e. The number of nitrogens with zero attached hydrogens (tertiary/aromatic N) is 1. The van der Waals surface area contributed by atoms with E-state index < -0.39 is 10.0 Å². The van der Waals surface area contributed by atoms with E-state index in [9.17, 15) is 13.2 Å². The van der Waals surface area contributed by atoms with Gasteiger partial charge in [0.2, 0.25) is 10.0 Å². The van der Waals surface area contributed by atoms with Gasteiger partial charge in [0.25, 0.3) is 0 Å². The Bertz CT molecular complexity index is 759. The van der Waals surface area contributed by atoms with Crippen molar-refractivity contribution in [2.75, 3.05) is 17.1 Å². The second kappa shape index (κ2) is 8.44. The molecule has 0 amide bonds. The van der Waals surface area contributed by atoms with Crippen LogP contribution in [0.3, 0.4) is 0 Å². The van der Waals surface area contributed by atoms with Crippen molar-refractivity contribution in [3.8, 4) is 0 Å². The van der Waals surface area contributed by atoms with Gasteiger partial charge in [-0.2, -0.15) is 0 Å². The van der Waals surface area contributed by atoms with Crippen LogP contribution < -0.4 is 4.72 Å². The number of aryl methyl sites for hydroxylation is 1. The first-order chi connectivity index (χ1) is 11.5. The first kappa shape index (κ1) is 17.9. The maximum absolute atomic E-state index is 12.1. The van der Waals surface area contributed by atoms with Crippen LogP contribution in [0.5, 0.6) is 0 Å². The Morgan fingerprint density at radius 2 is 1.92 bits per heavy atom. The van der Waals surface area contributed by atoms with Gasteiger partial charge >= 0.3 is 5.97 Å². The fourth-order valence-corrected chi connectivity index (χ4v) is 3.16. The first-order valence-electron chi connectivity index (χ1n) is 7.63. The number of carbonyl (C=O) groups is 1. The molecule has 0 saturated heterocycles. The minimum Gasteiger partial charge on any atom is -0.466 e. The molecule has 1 aromatic carbocycles. The molecule has 2 aromatic rings. The van der Waals surface area contributed by atoms with Crippen LogP contribution in [0.2, 0.25) is 0 Å². The summed E-state index contributed by atoms with van der Waals surface area (Å²) in [6.45, 7) is 2.09. The molecule has 6 nitrogen and oxygen atoms in total. The largest absolute Gasteiger partial charge is 0.466 e. The highest BCUT2D eigenvalue weighted by Gasteiger charge is 2.11. The Morgan fingerprint density at radius 1 is 1.17 bits per heavy atom. The predicted octanol–water partition coefficient (Wildman–Crippen LogP) is 2.17. The average molecular weight is 348 g/mol. The summed E-state index contributed by atoms with van der Waals surface area (Å²) in [6.07, 6.45) is 2.15. The number of ether oxygens (including phenoxy) is 1. The summed E-state index contributed by atoms with van der Waals surface area (Å²) in [5.74, 6) is -0.351. The van der Waals surface area contributed by atoms with Gasteiger partial charge in [-0.1, -0.05) is 18.2 Å². The SMILES string of the molecule is CCOC(=O)Cc1ccc(NS(=O)(=O)CCc2ccccn2)cc1. The molecule has 0 spiro atoms. The van der Waals surface area contributed by atoms with Gasteiger partial charge < -0.3 is 4.74 Å². The highest BCUT2D eigenvalue weighted by atomic mass is 32.2. The van der Waals surface area contributed by atoms with Crippen LogP contribution in [0.1, 0.15) is 18.2 Å². The fourth-order valence-electron chi connectivity index (χ4n) is 2.08. The number of esters is 1. The zero-order valence-electron chi connectivity index (χ0n) is 13.4. The predicted molar refractivity (Wildman–Crippen MR) is 92.1 cm³/mol. The molecule has 0 radical (unpaired) electrons. The Kier molecular flexibility index (Phi) is 6.31. The molecular weight excluding hydrogens is 328 g/mol. The van der Waals surface area contributed by atoms with Crippen molar-refractivity contribution in [2.24, 2.45) is 0 Å². The minimum atomic E-state index is -3.46. The fraction of sp³-hybridized carbons (Fsp3) is 0.294. The number of rotatable bonds is 8. The third kappa shape index (κ3) is 6.00. The molecular formula is C17H20N2O4S. The Labute approximate surface area is 141 Å². The van der Waals surface area contributed by atoms with E-state index in [-0.39, 0.29) is 18.1 Å². The second-order valence-corrected chi connectivity index (χ2v) is 7.01. The Balaban J connectivity index is 1.91. The van der Waals surface area contributed by atoms with Crippen LogP contribution in [0, 0.1) is 0 Å². The summed E-state index contributed by atoms with van der Waals surface area (Å²) in [6, 6.07) is 12.1. The summed E-state index contributed by atoms with van der Waals surface area (Å²) >= 11 is 0. The van der Waals surface area contributed by atoms with Crippen molar-refractivity contribution >= 4 is 21.7 Å². The van der Waals surface area contributed by atoms with E-state index in [4.69, 9.17) is 4.74 Å². The van der Waals surface area contributed by atoms with Crippen LogP contribution in [-0.2, 0) is 32.4 Å². The number of sulfonamides is 1. The van der Waals surface area contributed by atoms with Gasteiger partial charge in [-0.25, -0.2) is 8.42 Å². The Hall–Kier alpha value is -2.41. The molecule has 0 aliphatic rings. The molecule has 128 valence electrons. The zero-order valence-corrected chi connectivity index (χ0v) is 14.3. The van der Waals surface area contributed by atoms with Gasteiger partial charge in [0.15, 0.2) is 0 Å². The standard InChI is InChI=1S/C17H20N2O4S/c1-2-23-17(20)13-14-6-8-16(9-7-14)19-24(21,22)12-10-15-5-3-4-11-18-15/h3-9,11,19H,2,10,12-13H2,1H3. The summed E-state index contributed by atoms with van der Waals surface area (Å²) < 4.78 is 31.6. The minimum absolute atomic E-state index is 0.0470. The van der Waals surface area contributed by atoms with Crippen LogP contribution in [0.25, 0.3) is 0 Å². The van der Waals surface area contributed by atoms with Crippen molar-refractivity contribution in [3.05, 3.63) is 59.9 Å². The molecule has 1 heterocycles. The average Bonchev–Trinajstić information content (AvgIpc) is 2.56. The number of anilines is 1. The molecule has 1 N–H and O–H groups in total. The van der Waals surface area contributed by atoms with Crippen molar-refractivity contribution in [1.82, 2.24) is 4.98 Å². The number of hydrogen-bond acceptors (Lipinski definition) is 5. The lowest BCUT2D eigenvalue weighted by atomic mass is 10.1. The summed E-state index contributed by atoms with van der Waals surface area (Å²) in [4.78, 5) is 15.5. The van der Waals surface area contributed by atoms with Gasteiger partial charge in [0.1, 0.15) is 0 Å². The molecule has 0 bridgehead atoms. The first-order valence-corrected chi connectivity index (χ1v) is 9.28. The van der Waals surface area contributed by atoms with E-state index in [1.54, 1.807) is 49.5 Å². The van der Waals surface area contributed by atoms with Gasteiger partial charge in [-0.3, -0.25) is 14.5 Å². The number of carbonyl (C=O) groups excluding carboxylic acids is 1. The van der Waals surface area contributed by atoms with Gasteiger partial charge in [0, 0.05) is 24.0 Å². The molecule has 0 saturated carbocycles. The van der Waals surface area contributed by atoms with Crippen molar-refractivity contribution < 1.29 is 17.9 Å². The number of nitrogens with one attached hydrogen (secondary N) is 1. The van der Waals surface area contributed by atoms with Crippen molar-refractivity contribution in [1.29, 1.82) is 0 Å². The number of aromatic nitrogens is 1. The number of benzene rings is 1. The smallest absolute Gasteiger partial charge is 0.310 e. The molecule has 7 heteroatoms.